The number of rotatable bonds is 5. The van der Waals surface area contributed by atoms with E-state index in [0.717, 1.165) is 39.0 Å². The minimum atomic E-state index is 0.873. The van der Waals surface area contributed by atoms with Crippen molar-refractivity contribution in [2.75, 3.05) is 4.90 Å². The van der Waals surface area contributed by atoms with Gasteiger partial charge in [-0.05, 0) is 114 Å². The summed E-state index contributed by atoms with van der Waals surface area (Å²) in [6, 6.07) is 72.3. The second-order valence-electron chi connectivity index (χ2n) is 14.1. The SMILES string of the molecule is c1ccc(-c2cccc(N(c3ccc(-c4ccc5ccc6ccc7ccc8ccccc8c7c6c5c4)cc3)c3ccc4c(c3)oc3ccccc34)c2)cc1. The smallest absolute Gasteiger partial charge is 0.137 e. The Kier molecular flexibility index (Phi) is 6.90. The first kappa shape index (κ1) is 30.5. The number of hydrogen-bond donors (Lipinski definition) is 0. The van der Waals surface area contributed by atoms with Crippen molar-refractivity contribution < 1.29 is 4.42 Å². The molecule has 0 saturated heterocycles. The molecule has 0 aliphatic rings. The number of nitrogens with zero attached hydrogens (tertiary/aromatic N) is 1. The topological polar surface area (TPSA) is 16.4 Å². The maximum Gasteiger partial charge on any atom is 0.137 e. The number of benzene rings is 10. The number of hydrogen-bond acceptors (Lipinski definition) is 2. The summed E-state index contributed by atoms with van der Waals surface area (Å²) in [4.78, 5) is 2.33. The second-order valence-corrected chi connectivity index (χ2v) is 14.1. The molecule has 0 saturated carbocycles. The summed E-state index contributed by atoms with van der Waals surface area (Å²) in [7, 11) is 0. The van der Waals surface area contributed by atoms with Gasteiger partial charge in [0.25, 0.3) is 0 Å². The predicted molar refractivity (Wildman–Crippen MR) is 229 cm³/mol. The summed E-state index contributed by atoms with van der Waals surface area (Å²) in [5.41, 5.74) is 9.69. The minimum absolute atomic E-state index is 0.873. The highest BCUT2D eigenvalue weighted by Crippen LogP contribution is 2.42. The molecule has 0 unspecified atom stereocenters. The first-order chi connectivity index (χ1) is 26.7. The van der Waals surface area contributed by atoms with Crippen LogP contribution in [0, 0.1) is 0 Å². The molecule has 2 nitrogen and oxygen atoms in total. The molecule has 0 aliphatic heterocycles. The lowest BCUT2D eigenvalue weighted by Gasteiger charge is -2.26. The Balaban J connectivity index is 1.06. The molecule has 1 heterocycles. The molecule has 0 atom stereocenters. The Labute approximate surface area is 312 Å². The van der Waals surface area contributed by atoms with E-state index in [2.05, 4.69) is 193 Å². The van der Waals surface area contributed by atoms with Crippen LogP contribution in [0.1, 0.15) is 0 Å². The van der Waals surface area contributed by atoms with Gasteiger partial charge in [0, 0.05) is 33.9 Å². The van der Waals surface area contributed by atoms with Gasteiger partial charge in [-0.3, -0.25) is 0 Å². The van der Waals surface area contributed by atoms with E-state index in [1.165, 1.54) is 65.3 Å². The zero-order chi connectivity index (χ0) is 35.6. The second kappa shape index (κ2) is 12.2. The van der Waals surface area contributed by atoms with E-state index in [1.54, 1.807) is 0 Å². The average molecular weight is 688 g/mol. The number of para-hydroxylation sites is 1. The van der Waals surface area contributed by atoms with Crippen molar-refractivity contribution >= 4 is 82.1 Å². The number of furan rings is 1. The molecule has 0 amide bonds. The molecule has 11 aromatic rings. The van der Waals surface area contributed by atoms with Crippen LogP contribution in [-0.2, 0) is 0 Å². The summed E-state index contributed by atoms with van der Waals surface area (Å²) in [6.07, 6.45) is 0. The van der Waals surface area contributed by atoms with Crippen LogP contribution in [0.3, 0.4) is 0 Å². The molecule has 0 radical (unpaired) electrons. The lowest BCUT2D eigenvalue weighted by molar-refractivity contribution is 0.669. The van der Waals surface area contributed by atoms with Gasteiger partial charge in [0.2, 0.25) is 0 Å². The Morgan fingerprint density at radius 3 is 1.63 bits per heavy atom. The van der Waals surface area contributed by atoms with Gasteiger partial charge in [0.15, 0.2) is 0 Å². The zero-order valence-electron chi connectivity index (χ0n) is 29.4. The van der Waals surface area contributed by atoms with Gasteiger partial charge >= 0.3 is 0 Å². The largest absolute Gasteiger partial charge is 0.456 e. The molecule has 0 bridgehead atoms. The van der Waals surface area contributed by atoms with Gasteiger partial charge < -0.3 is 9.32 Å². The molecule has 0 fully saturated rings. The fraction of sp³-hybridized carbons (Fsp3) is 0. The van der Waals surface area contributed by atoms with Gasteiger partial charge in [0.1, 0.15) is 11.2 Å². The normalized spacial score (nSPS) is 11.7. The van der Waals surface area contributed by atoms with Crippen molar-refractivity contribution in [3.63, 3.8) is 0 Å². The fourth-order valence-corrected chi connectivity index (χ4v) is 8.38. The predicted octanol–water partition coefficient (Wildman–Crippen LogP) is 15.0. The standard InChI is InChI=1S/C52H33NO/c1-2-9-34(10-3-1)40-12-8-13-43(31-40)53(44-29-30-47-46-15-6-7-16-49(46)54-50(47)33-44)42-27-25-35(26-28-42)41-24-19-37-18-21-39-23-22-38-20-17-36-11-4-5-14-45(36)51(38)52(39)48(37)32-41/h1-33H. The molecule has 11 rings (SSSR count). The molecule has 252 valence electrons. The monoisotopic (exact) mass is 687 g/mol. The molecule has 0 aliphatic carbocycles. The third kappa shape index (κ3) is 4.96. The van der Waals surface area contributed by atoms with Crippen molar-refractivity contribution in [2.45, 2.75) is 0 Å². The van der Waals surface area contributed by atoms with Crippen molar-refractivity contribution in [3.05, 3.63) is 200 Å². The van der Waals surface area contributed by atoms with Gasteiger partial charge in [-0.25, -0.2) is 0 Å². The summed E-state index contributed by atoms with van der Waals surface area (Å²) < 4.78 is 6.37. The zero-order valence-corrected chi connectivity index (χ0v) is 29.4. The summed E-state index contributed by atoms with van der Waals surface area (Å²) in [5.74, 6) is 0. The summed E-state index contributed by atoms with van der Waals surface area (Å²) in [5, 5.41) is 12.5. The minimum Gasteiger partial charge on any atom is -0.456 e. The highest BCUT2D eigenvalue weighted by Gasteiger charge is 2.17. The maximum absolute atomic E-state index is 6.37. The third-order valence-corrected chi connectivity index (χ3v) is 11.0. The first-order valence-corrected chi connectivity index (χ1v) is 18.5. The van der Waals surface area contributed by atoms with Crippen LogP contribution >= 0.6 is 0 Å². The summed E-state index contributed by atoms with van der Waals surface area (Å²) >= 11 is 0. The number of anilines is 3. The number of fused-ring (bicyclic) bond motifs is 10. The van der Waals surface area contributed by atoms with Crippen LogP contribution in [0.15, 0.2) is 205 Å². The van der Waals surface area contributed by atoms with E-state index >= 15 is 0 Å². The van der Waals surface area contributed by atoms with Crippen LogP contribution in [0.2, 0.25) is 0 Å². The van der Waals surface area contributed by atoms with Crippen molar-refractivity contribution in [3.8, 4) is 22.3 Å². The van der Waals surface area contributed by atoms with Gasteiger partial charge in [-0.2, -0.15) is 0 Å². The molecular formula is C52H33NO. The van der Waals surface area contributed by atoms with Crippen LogP contribution in [0.5, 0.6) is 0 Å². The molecule has 10 aromatic carbocycles. The molecule has 2 heteroatoms. The van der Waals surface area contributed by atoms with Crippen LogP contribution in [0.4, 0.5) is 17.1 Å². The quantitative estimate of drug-likeness (QED) is 0.168. The highest BCUT2D eigenvalue weighted by molar-refractivity contribution is 6.27. The van der Waals surface area contributed by atoms with Crippen molar-refractivity contribution in [1.29, 1.82) is 0 Å². The van der Waals surface area contributed by atoms with Crippen molar-refractivity contribution in [2.24, 2.45) is 0 Å². The average Bonchev–Trinajstić information content (AvgIpc) is 3.62. The molecule has 0 spiro atoms. The fourth-order valence-electron chi connectivity index (χ4n) is 8.38. The first-order valence-electron chi connectivity index (χ1n) is 18.5. The Hall–Kier alpha value is -7.16. The highest BCUT2D eigenvalue weighted by atomic mass is 16.3. The van der Waals surface area contributed by atoms with Gasteiger partial charge in [-0.1, -0.05) is 146 Å². The molecule has 0 N–H and O–H groups in total. The van der Waals surface area contributed by atoms with E-state index in [4.69, 9.17) is 4.42 Å². The van der Waals surface area contributed by atoms with Crippen LogP contribution in [0.25, 0.3) is 87.3 Å². The lowest BCUT2D eigenvalue weighted by atomic mass is 9.91. The van der Waals surface area contributed by atoms with E-state index in [0.29, 0.717) is 0 Å². The molecular weight excluding hydrogens is 655 g/mol. The molecule has 1 aromatic heterocycles. The van der Waals surface area contributed by atoms with E-state index in [-0.39, 0.29) is 0 Å². The third-order valence-electron chi connectivity index (χ3n) is 11.0. The van der Waals surface area contributed by atoms with Crippen LogP contribution < -0.4 is 4.90 Å². The van der Waals surface area contributed by atoms with E-state index in [1.807, 2.05) is 12.1 Å². The van der Waals surface area contributed by atoms with Crippen molar-refractivity contribution in [1.82, 2.24) is 0 Å². The van der Waals surface area contributed by atoms with E-state index < -0.39 is 0 Å². The molecule has 54 heavy (non-hydrogen) atoms. The summed E-state index contributed by atoms with van der Waals surface area (Å²) in [6.45, 7) is 0. The Bertz CT molecular complexity index is 3200. The maximum atomic E-state index is 6.37. The Morgan fingerprint density at radius 2 is 0.815 bits per heavy atom. The van der Waals surface area contributed by atoms with E-state index in [9.17, 15) is 0 Å². The van der Waals surface area contributed by atoms with Gasteiger partial charge in [-0.15, -0.1) is 0 Å². The van der Waals surface area contributed by atoms with Gasteiger partial charge in [0.05, 0.1) is 0 Å². The lowest BCUT2D eigenvalue weighted by Crippen LogP contribution is -2.10. The Morgan fingerprint density at radius 1 is 0.278 bits per heavy atom. The van der Waals surface area contributed by atoms with Crippen LogP contribution in [-0.4, -0.2) is 0 Å².